The zero-order chi connectivity index (χ0) is 24.8. The van der Waals surface area contributed by atoms with Crippen LogP contribution in [0.4, 0.5) is 0 Å². The molecule has 6 heteroatoms. The van der Waals surface area contributed by atoms with E-state index in [9.17, 15) is 9.59 Å². The van der Waals surface area contributed by atoms with Gasteiger partial charge in [0, 0.05) is 17.6 Å². The van der Waals surface area contributed by atoms with E-state index in [1.165, 1.54) is 56.9 Å². The first-order chi connectivity index (χ1) is 16.9. The lowest BCUT2D eigenvalue weighted by atomic mass is 9.88. The summed E-state index contributed by atoms with van der Waals surface area (Å²) in [5.41, 5.74) is 3.85. The Balaban J connectivity index is 0.000000271. The van der Waals surface area contributed by atoms with Gasteiger partial charge in [-0.1, -0.05) is 69.7 Å². The number of aryl methyl sites for hydroxylation is 1. The van der Waals surface area contributed by atoms with Gasteiger partial charge in [-0.3, -0.25) is 14.3 Å². The predicted octanol–water partition coefficient (Wildman–Crippen LogP) is 5.74. The molecule has 2 saturated carbocycles. The van der Waals surface area contributed by atoms with Crippen molar-refractivity contribution in [3.8, 4) is 11.3 Å². The molecule has 0 spiro atoms. The van der Waals surface area contributed by atoms with Crippen molar-refractivity contribution in [3.63, 3.8) is 0 Å². The Morgan fingerprint density at radius 3 is 2.23 bits per heavy atom. The minimum Gasteiger partial charge on any atom is -0.356 e. The minimum atomic E-state index is -0.193. The Labute approximate surface area is 210 Å². The van der Waals surface area contributed by atoms with Gasteiger partial charge in [0.05, 0.1) is 17.8 Å². The highest BCUT2D eigenvalue weighted by atomic mass is 16.2. The number of carbonyl (C=O) groups excluding carboxylic acids is 2. The van der Waals surface area contributed by atoms with Gasteiger partial charge in [-0.2, -0.15) is 5.10 Å². The molecule has 1 aromatic carbocycles. The van der Waals surface area contributed by atoms with Gasteiger partial charge in [-0.05, 0) is 57.6 Å². The van der Waals surface area contributed by atoms with Gasteiger partial charge in [0.15, 0.2) is 0 Å². The number of hydrogen-bond donors (Lipinski definition) is 1. The second-order valence-electron chi connectivity index (χ2n) is 11.0. The van der Waals surface area contributed by atoms with Crippen molar-refractivity contribution in [2.75, 3.05) is 0 Å². The van der Waals surface area contributed by atoms with E-state index in [0.717, 1.165) is 49.2 Å². The largest absolute Gasteiger partial charge is 0.356 e. The number of nitrogens with one attached hydrogen (secondary N) is 1. The summed E-state index contributed by atoms with van der Waals surface area (Å²) in [6.07, 6.45) is 14.2. The van der Waals surface area contributed by atoms with Crippen molar-refractivity contribution >= 4 is 12.3 Å². The van der Waals surface area contributed by atoms with Crippen LogP contribution in [0.2, 0.25) is 0 Å². The van der Waals surface area contributed by atoms with Gasteiger partial charge < -0.3 is 10.2 Å². The Morgan fingerprint density at radius 2 is 1.63 bits per heavy atom. The molecule has 2 aromatic rings. The third kappa shape index (κ3) is 5.96. The molecular formula is C29H42N4O2. The van der Waals surface area contributed by atoms with Crippen LogP contribution in [-0.2, 0) is 17.8 Å². The summed E-state index contributed by atoms with van der Waals surface area (Å²) >= 11 is 0. The van der Waals surface area contributed by atoms with Crippen LogP contribution in [0.15, 0.2) is 30.3 Å². The standard InChI is InChI=1S/C22H29N3O.C7H13NO/c1-4-16-10-12-17(13-11-16)19-14-20-21(26)25(18-8-6-5-7-9-18)22(2,3)15-24(20)23-19;9-6-8-7-4-2-1-3-5-7/h10-14,18H,4-9,15H2,1-3H3;6-7H,1-5H2,(H,8,9). The number of amides is 2. The van der Waals surface area contributed by atoms with E-state index in [0.29, 0.717) is 12.1 Å². The van der Waals surface area contributed by atoms with Crippen molar-refractivity contribution in [3.05, 3.63) is 41.6 Å². The highest BCUT2D eigenvalue weighted by Crippen LogP contribution is 2.35. The molecule has 0 saturated heterocycles. The van der Waals surface area contributed by atoms with Crippen LogP contribution < -0.4 is 5.32 Å². The van der Waals surface area contributed by atoms with E-state index >= 15 is 0 Å². The molecule has 6 nitrogen and oxygen atoms in total. The Hall–Kier alpha value is -2.63. The van der Waals surface area contributed by atoms with Crippen molar-refractivity contribution in [2.45, 2.75) is 116 Å². The fourth-order valence-electron chi connectivity index (χ4n) is 5.97. The topological polar surface area (TPSA) is 67.2 Å². The van der Waals surface area contributed by atoms with Crippen molar-refractivity contribution in [2.24, 2.45) is 0 Å². The first kappa shape index (κ1) is 25.5. The van der Waals surface area contributed by atoms with Crippen LogP contribution in [0, 0.1) is 0 Å². The molecule has 2 heterocycles. The highest BCUT2D eigenvalue weighted by Gasteiger charge is 2.43. The lowest BCUT2D eigenvalue weighted by Crippen LogP contribution is -2.59. The van der Waals surface area contributed by atoms with E-state index in [-0.39, 0.29) is 11.4 Å². The molecular weight excluding hydrogens is 436 g/mol. The molecule has 2 aliphatic carbocycles. The summed E-state index contributed by atoms with van der Waals surface area (Å²) in [7, 11) is 0. The third-order valence-electron chi connectivity index (χ3n) is 7.91. The van der Waals surface area contributed by atoms with E-state index in [1.807, 2.05) is 10.7 Å². The first-order valence-corrected chi connectivity index (χ1v) is 13.6. The van der Waals surface area contributed by atoms with Crippen LogP contribution in [0.25, 0.3) is 11.3 Å². The smallest absolute Gasteiger partial charge is 0.272 e. The molecule has 3 aliphatic rings. The normalized spacial score (nSPS) is 20.5. The van der Waals surface area contributed by atoms with Crippen molar-refractivity contribution < 1.29 is 9.59 Å². The van der Waals surface area contributed by atoms with Crippen molar-refractivity contribution in [1.29, 1.82) is 0 Å². The number of fused-ring (bicyclic) bond motifs is 1. The molecule has 2 fully saturated rings. The number of carbonyl (C=O) groups is 2. The maximum Gasteiger partial charge on any atom is 0.272 e. The zero-order valence-electron chi connectivity index (χ0n) is 21.8. The number of hydrogen-bond acceptors (Lipinski definition) is 3. The lowest BCUT2D eigenvalue weighted by molar-refractivity contribution is -0.110. The quantitative estimate of drug-likeness (QED) is 0.557. The van der Waals surface area contributed by atoms with Gasteiger partial charge in [0.25, 0.3) is 5.91 Å². The van der Waals surface area contributed by atoms with Gasteiger partial charge >= 0.3 is 0 Å². The summed E-state index contributed by atoms with van der Waals surface area (Å²) in [5.74, 6) is 0.150. The van der Waals surface area contributed by atoms with Gasteiger partial charge in [-0.25, -0.2) is 0 Å². The Bertz CT molecular complexity index is 983. The molecule has 0 radical (unpaired) electrons. The van der Waals surface area contributed by atoms with Crippen LogP contribution in [-0.4, -0.2) is 44.6 Å². The Morgan fingerprint density at radius 1 is 1.00 bits per heavy atom. The summed E-state index contributed by atoms with van der Waals surface area (Å²) in [5, 5.41) is 7.58. The summed E-state index contributed by atoms with van der Waals surface area (Å²) in [6, 6.07) is 11.4. The second-order valence-corrected chi connectivity index (χ2v) is 11.0. The summed E-state index contributed by atoms with van der Waals surface area (Å²) in [4.78, 5) is 25.5. The SMILES string of the molecule is CCc1ccc(-c2cc3n(n2)CC(C)(C)N(C2CCCCC2)C3=O)cc1.O=CNC1CCCCC1. The molecule has 1 N–H and O–H groups in total. The predicted molar refractivity (Wildman–Crippen MR) is 140 cm³/mol. The molecule has 5 rings (SSSR count). The first-order valence-electron chi connectivity index (χ1n) is 13.6. The minimum absolute atomic E-state index is 0.150. The van der Waals surface area contributed by atoms with E-state index in [1.54, 1.807) is 0 Å². The average molecular weight is 479 g/mol. The zero-order valence-corrected chi connectivity index (χ0v) is 21.8. The fourth-order valence-corrected chi connectivity index (χ4v) is 5.97. The number of aromatic nitrogens is 2. The average Bonchev–Trinajstić information content (AvgIpc) is 3.29. The highest BCUT2D eigenvalue weighted by molar-refractivity contribution is 5.95. The van der Waals surface area contributed by atoms with E-state index in [2.05, 4.69) is 55.3 Å². The molecule has 0 unspecified atom stereocenters. The second kappa shape index (κ2) is 11.4. The summed E-state index contributed by atoms with van der Waals surface area (Å²) in [6.45, 7) is 7.28. The fraction of sp³-hybridized carbons (Fsp3) is 0.621. The molecule has 1 aliphatic heterocycles. The van der Waals surface area contributed by atoms with Crippen molar-refractivity contribution in [1.82, 2.24) is 20.0 Å². The number of rotatable bonds is 5. The van der Waals surface area contributed by atoms with Crippen LogP contribution >= 0.6 is 0 Å². The molecule has 190 valence electrons. The summed E-state index contributed by atoms with van der Waals surface area (Å²) < 4.78 is 1.92. The monoisotopic (exact) mass is 478 g/mol. The van der Waals surface area contributed by atoms with Crippen LogP contribution in [0.3, 0.4) is 0 Å². The molecule has 35 heavy (non-hydrogen) atoms. The van der Waals surface area contributed by atoms with Gasteiger partial charge in [0.1, 0.15) is 5.69 Å². The number of benzene rings is 1. The Kier molecular flexibility index (Phi) is 8.30. The molecule has 0 bridgehead atoms. The molecule has 1 aromatic heterocycles. The molecule has 0 atom stereocenters. The molecule has 2 amide bonds. The van der Waals surface area contributed by atoms with E-state index in [4.69, 9.17) is 5.10 Å². The number of nitrogens with zero attached hydrogens (tertiary/aromatic N) is 3. The van der Waals surface area contributed by atoms with Crippen LogP contribution in [0.1, 0.15) is 101 Å². The van der Waals surface area contributed by atoms with Gasteiger partial charge in [-0.15, -0.1) is 0 Å². The van der Waals surface area contributed by atoms with E-state index < -0.39 is 0 Å². The lowest BCUT2D eigenvalue weighted by Gasteiger charge is -2.47. The maximum atomic E-state index is 13.3. The third-order valence-corrected chi connectivity index (χ3v) is 7.91. The maximum absolute atomic E-state index is 13.3. The van der Waals surface area contributed by atoms with Gasteiger partial charge in [0.2, 0.25) is 6.41 Å². The van der Waals surface area contributed by atoms with Crippen LogP contribution in [0.5, 0.6) is 0 Å².